The van der Waals surface area contributed by atoms with E-state index in [-0.39, 0.29) is 17.4 Å². The number of thioether (sulfide) groups is 1. The summed E-state index contributed by atoms with van der Waals surface area (Å²) in [6.07, 6.45) is -1.49. The van der Waals surface area contributed by atoms with Crippen molar-refractivity contribution >= 4 is 16.9 Å². The van der Waals surface area contributed by atoms with Crippen LogP contribution in [0.4, 0.5) is 0 Å². The van der Waals surface area contributed by atoms with Gasteiger partial charge in [-0.2, -0.15) is 0 Å². The summed E-state index contributed by atoms with van der Waals surface area (Å²) in [4.78, 5) is 4.26. The van der Waals surface area contributed by atoms with Gasteiger partial charge in [0, 0.05) is 6.54 Å². The third-order valence-electron chi connectivity index (χ3n) is 3.90. The molecule has 0 unspecified atom stereocenters. The molecule has 108 valence electrons. The van der Waals surface area contributed by atoms with Crippen molar-refractivity contribution in [3.8, 4) is 0 Å². The predicted molar refractivity (Wildman–Crippen MR) is 71.9 cm³/mol. The molecule has 0 radical (unpaired) electrons. The largest absolute Gasteiger partial charge is 0.390 e. The molecule has 0 aromatic carbocycles. The van der Waals surface area contributed by atoms with Gasteiger partial charge in [-0.25, -0.2) is 0 Å². The minimum absolute atomic E-state index is 0.201. The molecule has 0 spiro atoms. The molecule has 0 amide bonds. The highest BCUT2D eigenvalue weighted by Crippen LogP contribution is 2.40. The molecule has 3 aliphatic rings. The Morgan fingerprint density at radius 3 is 2.79 bits per heavy atom. The fraction of sp³-hybridized carbons (Fsp3) is 0.917. The SMILES string of the molecule is CCN=C1N[C@@H]2[C@@H](O)[C@H](O)[C@@H]([C@@H](O)C3CC3)O[C@@H]2S1. The van der Waals surface area contributed by atoms with Crippen molar-refractivity contribution in [3.63, 3.8) is 0 Å². The maximum Gasteiger partial charge on any atom is 0.159 e. The topological polar surface area (TPSA) is 94.3 Å². The second-order valence-electron chi connectivity index (χ2n) is 5.35. The van der Waals surface area contributed by atoms with Crippen LogP contribution < -0.4 is 5.32 Å². The Bertz CT molecular complexity index is 377. The Morgan fingerprint density at radius 2 is 2.16 bits per heavy atom. The number of nitrogens with zero attached hydrogens (tertiary/aromatic N) is 1. The number of rotatable bonds is 3. The van der Waals surface area contributed by atoms with Crippen LogP contribution in [0.25, 0.3) is 0 Å². The van der Waals surface area contributed by atoms with E-state index in [0.29, 0.717) is 6.54 Å². The molecule has 6 atom stereocenters. The average Bonchev–Trinajstić information content (AvgIpc) is 3.15. The maximum atomic E-state index is 10.2. The van der Waals surface area contributed by atoms with Crippen molar-refractivity contribution in [2.75, 3.05) is 6.54 Å². The number of aliphatic imine (C=N–C) groups is 1. The van der Waals surface area contributed by atoms with E-state index in [9.17, 15) is 15.3 Å². The standard InChI is InChI=1S/C12H20N2O4S/c1-2-13-12-14-6-8(16)9(17)10(18-11(6)19-12)7(15)5-3-4-5/h5-11,15-17H,2-4H2,1H3,(H,13,14)/t6-,7+,8-,9+,10-,11-/m1/s1. The van der Waals surface area contributed by atoms with E-state index in [1.54, 1.807) is 0 Å². The fourth-order valence-corrected chi connectivity index (χ4v) is 3.83. The number of aliphatic hydroxyl groups is 3. The van der Waals surface area contributed by atoms with Crippen LogP contribution in [-0.2, 0) is 4.74 Å². The molecule has 0 aromatic rings. The zero-order valence-electron chi connectivity index (χ0n) is 10.8. The van der Waals surface area contributed by atoms with Crippen molar-refractivity contribution in [1.82, 2.24) is 5.32 Å². The lowest BCUT2D eigenvalue weighted by Gasteiger charge is -2.40. The first-order valence-electron chi connectivity index (χ1n) is 6.79. The monoisotopic (exact) mass is 288 g/mol. The van der Waals surface area contributed by atoms with Crippen LogP contribution in [0.3, 0.4) is 0 Å². The number of fused-ring (bicyclic) bond motifs is 1. The van der Waals surface area contributed by atoms with Gasteiger partial charge < -0.3 is 25.4 Å². The highest BCUT2D eigenvalue weighted by Gasteiger charge is 2.52. The second-order valence-corrected chi connectivity index (χ2v) is 6.43. The van der Waals surface area contributed by atoms with Crippen LogP contribution >= 0.6 is 11.8 Å². The molecule has 7 heteroatoms. The molecule has 2 heterocycles. The first-order valence-corrected chi connectivity index (χ1v) is 7.67. The van der Waals surface area contributed by atoms with Gasteiger partial charge >= 0.3 is 0 Å². The number of hydrogen-bond acceptors (Lipinski definition) is 6. The Morgan fingerprint density at radius 1 is 1.42 bits per heavy atom. The van der Waals surface area contributed by atoms with Gasteiger partial charge in [-0.05, 0) is 25.7 Å². The summed E-state index contributed by atoms with van der Waals surface area (Å²) in [5, 5.41) is 34.2. The van der Waals surface area contributed by atoms with Gasteiger partial charge in [-0.3, -0.25) is 4.99 Å². The molecule has 2 saturated heterocycles. The summed E-state index contributed by atoms with van der Waals surface area (Å²) in [6.45, 7) is 2.59. The van der Waals surface area contributed by atoms with E-state index in [0.717, 1.165) is 18.0 Å². The van der Waals surface area contributed by atoms with E-state index in [1.165, 1.54) is 11.8 Å². The smallest absolute Gasteiger partial charge is 0.159 e. The van der Waals surface area contributed by atoms with Gasteiger partial charge in [0.25, 0.3) is 0 Å². The molecule has 3 fully saturated rings. The summed E-state index contributed by atoms with van der Waals surface area (Å²) in [5.74, 6) is 0.201. The predicted octanol–water partition coefficient (Wildman–Crippen LogP) is -0.715. The van der Waals surface area contributed by atoms with Crippen molar-refractivity contribution in [1.29, 1.82) is 0 Å². The van der Waals surface area contributed by atoms with E-state index in [1.807, 2.05) is 6.92 Å². The van der Waals surface area contributed by atoms with Crippen LogP contribution in [0.2, 0.25) is 0 Å². The van der Waals surface area contributed by atoms with E-state index in [2.05, 4.69) is 10.3 Å². The third kappa shape index (κ3) is 2.50. The molecule has 1 aliphatic carbocycles. The lowest BCUT2D eigenvalue weighted by molar-refractivity contribution is -0.190. The third-order valence-corrected chi connectivity index (χ3v) is 5.01. The van der Waals surface area contributed by atoms with Crippen LogP contribution in [0.1, 0.15) is 19.8 Å². The second kappa shape index (κ2) is 5.21. The lowest BCUT2D eigenvalue weighted by Crippen LogP contribution is -2.61. The van der Waals surface area contributed by atoms with Gasteiger partial charge in [0.1, 0.15) is 23.7 Å². The summed E-state index contributed by atoms with van der Waals surface area (Å²) >= 11 is 1.41. The van der Waals surface area contributed by atoms with Gasteiger partial charge in [0.05, 0.1) is 12.1 Å². The zero-order chi connectivity index (χ0) is 13.6. The molecular weight excluding hydrogens is 268 g/mol. The molecule has 1 saturated carbocycles. The van der Waals surface area contributed by atoms with Gasteiger partial charge in [0.15, 0.2) is 5.17 Å². The molecule has 19 heavy (non-hydrogen) atoms. The fourth-order valence-electron chi connectivity index (χ4n) is 2.64. The average molecular weight is 288 g/mol. The number of hydrogen-bond donors (Lipinski definition) is 4. The summed E-state index contributed by atoms with van der Waals surface area (Å²) in [6, 6.07) is -0.368. The van der Waals surface area contributed by atoms with Gasteiger partial charge in [-0.1, -0.05) is 11.8 Å². The number of nitrogens with one attached hydrogen (secondary N) is 1. The first-order chi connectivity index (χ1) is 9.11. The molecule has 2 aliphatic heterocycles. The van der Waals surface area contributed by atoms with E-state index in [4.69, 9.17) is 4.74 Å². The normalized spacial score (nSPS) is 45.9. The van der Waals surface area contributed by atoms with Crippen molar-refractivity contribution in [2.24, 2.45) is 10.9 Å². The number of ether oxygens (including phenoxy) is 1. The molecule has 6 nitrogen and oxygen atoms in total. The van der Waals surface area contributed by atoms with Gasteiger partial charge in [-0.15, -0.1) is 0 Å². The number of amidine groups is 1. The summed E-state index contributed by atoms with van der Waals surface area (Å²) < 4.78 is 5.79. The molecule has 3 rings (SSSR count). The molecule has 0 bridgehead atoms. The minimum atomic E-state index is -1.06. The van der Waals surface area contributed by atoms with Crippen LogP contribution in [-0.4, -0.2) is 62.9 Å². The molecular formula is C12H20N2O4S. The lowest BCUT2D eigenvalue weighted by atomic mass is 9.93. The van der Waals surface area contributed by atoms with Crippen LogP contribution in [0, 0.1) is 5.92 Å². The van der Waals surface area contributed by atoms with Gasteiger partial charge in [0.2, 0.25) is 0 Å². The van der Waals surface area contributed by atoms with E-state index < -0.39 is 24.4 Å². The summed E-state index contributed by atoms with van der Waals surface area (Å²) in [5.41, 5.74) is -0.304. The van der Waals surface area contributed by atoms with E-state index >= 15 is 0 Å². The molecule has 0 aromatic heterocycles. The highest BCUT2D eigenvalue weighted by atomic mass is 32.2. The maximum absolute atomic E-state index is 10.2. The minimum Gasteiger partial charge on any atom is -0.390 e. The first kappa shape index (κ1) is 13.6. The Balaban J connectivity index is 1.73. The van der Waals surface area contributed by atoms with Crippen LogP contribution in [0.15, 0.2) is 4.99 Å². The zero-order valence-corrected chi connectivity index (χ0v) is 11.6. The quantitative estimate of drug-likeness (QED) is 0.548. The Hall–Kier alpha value is -0.340. The Labute approximate surface area is 116 Å². The number of aliphatic hydroxyl groups excluding tert-OH is 3. The summed E-state index contributed by atoms with van der Waals surface area (Å²) in [7, 11) is 0. The molecule has 4 N–H and O–H groups in total. The van der Waals surface area contributed by atoms with Crippen molar-refractivity contribution in [2.45, 2.75) is 55.7 Å². The van der Waals surface area contributed by atoms with Crippen molar-refractivity contribution in [3.05, 3.63) is 0 Å². The van der Waals surface area contributed by atoms with Crippen molar-refractivity contribution < 1.29 is 20.1 Å². The van der Waals surface area contributed by atoms with Crippen LogP contribution in [0.5, 0.6) is 0 Å². The highest BCUT2D eigenvalue weighted by molar-refractivity contribution is 8.14. The Kier molecular flexibility index (Phi) is 3.74.